The smallest absolute Gasteiger partial charge is 0.122 e. The number of nitrogens with one attached hydrogen (secondary N) is 1. The van der Waals surface area contributed by atoms with Crippen LogP contribution in [0.5, 0.6) is 0 Å². The van der Waals surface area contributed by atoms with Gasteiger partial charge in [-0.15, -0.1) is 0 Å². The summed E-state index contributed by atoms with van der Waals surface area (Å²) in [4.78, 5) is 2.58. The topological polar surface area (TPSA) is 28.4 Å². The van der Waals surface area contributed by atoms with Gasteiger partial charge in [-0.3, -0.25) is 4.90 Å². The lowest BCUT2D eigenvalue weighted by Gasteiger charge is -2.32. The predicted molar refractivity (Wildman–Crippen MR) is 74.4 cm³/mol. The van der Waals surface area contributed by atoms with E-state index in [9.17, 15) is 0 Å². The van der Waals surface area contributed by atoms with E-state index >= 15 is 0 Å². The standard InChI is InChI=1S/C15H26N2O/c1-3-13-6-5-8-17(11-13)12-14-7-9-18-15(14)10-16-4-2/h7,9,13,16H,3-6,8,10-12H2,1-2H3. The zero-order valence-corrected chi connectivity index (χ0v) is 11.7. The minimum Gasteiger partial charge on any atom is -0.468 e. The summed E-state index contributed by atoms with van der Waals surface area (Å²) in [6, 6.07) is 2.13. The molecule has 1 aliphatic heterocycles. The number of likely N-dealkylation sites (tertiary alicyclic amines) is 1. The summed E-state index contributed by atoms with van der Waals surface area (Å²) < 4.78 is 5.57. The van der Waals surface area contributed by atoms with Crippen LogP contribution >= 0.6 is 0 Å². The molecule has 1 unspecified atom stereocenters. The van der Waals surface area contributed by atoms with Crippen LogP contribution in [0.2, 0.25) is 0 Å². The van der Waals surface area contributed by atoms with Gasteiger partial charge < -0.3 is 9.73 Å². The van der Waals surface area contributed by atoms with Crippen molar-refractivity contribution < 1.29 is 4.42 Å². The molecule has 3 heteroatoms. The van der Waals surface area contributed by atoms with Crippen LogP contribution in [0.1, 0.15) is 44.4 Å². The van der Waals surface area contributed by atoms with Crippen LogP contribution < -0.4 is 5.32 Å². The van der Waals surface area contributed by atoms with Crippen molar-refractivity contribution in [3.63, 3.8) is 0 Å². The molecule has 3 nitrogen and oxygen atoms in total. The van der Waals surface area contributed by atoms with Crippen LogP contribution in [0.3, 0.4) is 0 Å². The van der Waals surface area contributed by atoms with Gasteiger partial charge >= 0.3 is 0 Å². The second-order valence-electron chi connectivity index (χ2n) is 5.30. The van der Waals surface area contributed by atoms with E-state index in [1.807, 2.05) is 6.26 Å². The number of rotatable bonds is 6. The summed E-state index contributed by atoms with van der Waals surface area (Å²) in [5, 5.41) is 3.34. The van der Waals surface area contributed by atoms with E-state index in [1.54, 1.807) is 0 Å². The fraction of sp³-hybridized carbons (Fsp3) is 0.733. The van der Waals surface area contributed by atoms with E-state index in [-0.39, 0.29) is 0 Å². The Balaban J connectivity index is 1.90. The quantitative estimate of drug-likeness (QED) is 0.841. The maximum Gasteiger partial charge on any atom is 0.122 e. The highest BCUT2D eigenvalue weighted by atomic mass is 16.3. The Hall–Kier alpha value is -0.800. The van der Waals surface area contributed by atoms with Gasteiger partial charge in [0.05, 0.1) is 12.8 Å². The molecule has 0 radical (unpaired) electrons. The highest BCUT2D eigenvalue weighted by molar-refractivity contribution is 5.17. The van der Waals surface area contributed by atoms with Crippen molar-refractivity contribution in [3.05, 3.63) is 23.7 Å². The normalized spacial score (nSPS) is 21.3. The molecule has 1 fully saturated rings. The van der Waals surface area contributed by atoms with E-state index in [0.717, 1.165) is 31.3 Å². The fourth-order valence-electron chi connectivity index (χ4n) is 2.77. The molecule has 0 bridgehead atoms. The molecule has 1 aromatic heterocycles. The Morgan fingerprint density at radius 2 is 2.33 bits per heavy atom. The molecule has 2 heterocycles. The van der Waals surface area contributed by atoms with Crippen molar-refractivity contribution in [2.24, 2.45) is 5.92 Å². The maximum atomic E-state index is 5.57. The Morgan fingerprint density at radius 1 is 1.44 bits per heavy atom. The molecule has 1 N–H and O–H groups in total. The third-order valence-corrected chi connectivity index (χ3v) is 3.95. The molecule has 0 aliphatic carbocycles. The number of nitrogens with zero attached hydrogens (tertiary/aromatic N) is 1. The zero-order chi connectivity index (χ0) is 12.8. The Kier molecular flexibility index (Phi) is 5.26. The third-order valence-electron chi connectivity index (χ3n) is 3.95. The van der Waals surface area contributed by atoms with Crippen LogP contribution in [-0.2, 0) is 13.1 Å². The van der Waals surface area contributed by atoms with Crippen LogP contribution in [0, 0.1) is 5.92 Å². The van der Waals surface area contributed by atoms with Crippen molar-refractivity contribution in [1.82, 2.24) is 10.2 Å². The monoisotopic (exact) mass is 250 g/mol. The van der Waals surface area contributed by atoms with Gasteiger partial charge in [-0.05, 0) is 37.9 Å². The third kappa shape index (κ3) is 3.59. The SMILES string of the molecule is CCNCc1occc1CN1CCCC(CC)C1. The molecular weight excluding hydrogens is 224 g/mol. The summed E-state index contributed by atoms with van der Waals surface area (Å²) in [5.74, 6) is 2.00. The summed E-state index contributed by atoms with van der Waals surface area (Å²) in [7, 11) is 0. The highest BCUT2D eigenvalue weighted by Crippen LogP contribution is 2.22. The Bertz CT molecular complexity index is 348. The molecule has 102 valence electrons. The van der Waals surface area contributed by atoms with Crippen LogP contribution in [0.15, 0.2) is 16.7 Å². The fourth-order valence-corrected chi connectivity index (χ4v) is 2.77. The van der Waals surface area contributed by atoms with Crippen molar-refractivity contribution >= 4 is 0 Å². The van der Waals surface area contributed by atoms with Gasteiger partial charge in [0.15, 0.2) is 0 Å². The van der Waals surface area contributed by atoms with Gasteiger partial charge in [0.25, 0.3) is 0 Å². The van der Waals surface area contributed by atoms with Crippen LogP contribution in [0.25, 0.3) is 0 Å². The minimum atomic E-state index is 0.851. The molecule has 0 amide bonds. The van der Waals surface area contributed by atoms with E-state index in [4.69, 9.17) is 4.42 Å². The minimum absolute atomic E-state index is 0.851. The van der Waals surface area contributed by atoms with E-state index in [0.29, 0.717) is 0 Å². The molecule has 18 heavy (non-hydrogen) atoms. The van der Waals surface area contributed by atoms with E-state index in [2.05, 4.69) is 30.1 Å². The molecule has 1 saturated heterocycles. The molecule has 1 aromatic rings. The first kappa shape index (κ1) is 13.6. The summed E-state index contributed by atoms with van der Waals surface area (Å²) in [6.45, 7) is 9.81. The van der Waals surface area contributed by atoms with Gasteiger partial charge in [-0.1, -0.05) is 20.3 Å². The van der Waals surface area contributed by atoms with E-state index < -0.39 is 0 Å². The van der Waals surface area contributed by atoms with Crippen molar-refractivity contribution in [3.8, 4) is 0 Å². The van der Waals surface area contributed by atoms with Crippen LogP contribution in [-0.4, -0.2) is 24.5 Å². The molecule has 1 atom stereocenters. The molecule has 0 saturated carbocycles. The van der Waals surface area contributed by atoms with Gasteiger partial charge in [0.1, 0.15) is 5.76 Å². The van der Waals surface area contributed by atoms with Gasteiger partial charge in [-0.2, -0.15) is 0 Å². The predicted octanol–water partition coefficient (Wildman–Crippen LogP) is 3.01. The Labute approximate surface area is 111 Å². The first-order valence-electron chi connectivity index (χ1n) is 7.31. The molecule has 0 spiro atoms. The molecular formula is C15H26N2O. The first-order valence-corrected chi connectivity index (χ1v) is 7.31. The highest BCUT2D eigenvalue weighted by Gasteiger charge is 2.19. The lowest BCUT2D eigenvalue weighted by molar-refractivity contribution is 0.164. The average Bonchev–Trinajstić information content (AvgIpc) is 2.84. The average molecular weight is 250 g/mol. The summed E-state index contributed by atoms with van der Waals surface area (Å²) in [5.41, 5.74) is 1.35. The number of hydrogen-bond donors (Lipinski definition) is 1. The zero-order valence-electron chi connectivity index (χ0n) is 11.7. The number of piperidine rings is 1. The second-order valence-corrected chi connectivity index (χ2v) is 5.30. The lowest BCUT2D eigenvalue weighted by atomic mass is 9.95. The van der Waals surface area contributed by atoms with Crippen molar-refractivity contribution in [2.75, 3.05) is 19.6 Å². The first-order chi connectivity index (χ1) is 8.83. The van der Waals surface area contributed by atoms with Crippen molar-refractivity contribution in [1.29, 1.82) is 0 Å². The Morgan fingerprint density at radius 3 is 3.11 bits per heavy atom. The summed E-state index contributed by atoms with van der Waals surface area (Å²) in [6.07, 6.45) is 5.89. The van der Waals surface area contributed by atoms with Gasteiger partial charge in [0, 0.05) is 18.7 Å². The largest absolute Gasteiger partial charge is 0.468 e. The van der Waals surface area contributed by atoms with Gasteiger partial charge in [0.2, 0.25) is 0 Å². The van der Waals surface area contributed by atoms with E-state index in [1.165, 1.54) is 37.9 Å². The molecule has 2 rings (SSSR count). The molecule has 0 aromatic carbocycles. The lowest BCUT2D eigenvalue weighted by Crippen LogP contribution is -2.34. The second kappa shape index (κ2) is 6.95. The number of hydrogen-bond acceptors (Lipinski definition) is 3. The number of furan rings is 1. The molecule has 1 aliphatic rings. The maximum absolute atomic E-state index is 5.57. The van der Waals surface area contributed by atoms with Gasteiger partial charge in [-0.25, -0.2) is 0 Å². The van der Waals surface area contributed by atoms with Crippen molar-refractivity contribution in [2.45, 2.75) is 46.2 Å². The summed E-state index contributed by atoms with van der Waals surface area (Å²) >= 11 is 0. The van der Waals surface area contributed by atoms with Crippen LogP contribution in [0.4, 0.5) is 0 Å².